The highest BCUT2D eigenvalue weighted by Gasteiger charge is 2.29. The second-order valence-electron chi connectivity index (χ2n) is 4.34. The third kappa shape index (κ3) is 3.23. The van der Waals surface area contributed by atoms with Crippen LogP contribution in [0.1, 0.15) is 36.7 Å². The number of carbonyl (C=O) groups is 2. The Bertz CT molecular complexity index is 474. The summed E-state index contributed by atoms with van der Waals surface area (Å²) in [5.74, 6) is -0.896. The van der Waals surface area contributed by atoms with E-state index >= 15 is 0 Å². The predicted octanol–water partition coefficient (Wildman–Crippen LogP) is 1.62. The molecule has 1 atom stereocenters. The van der Waals surface area contributed by atoms with E-state index in [2.05, 4.69) is 11.9 Å². The van der Waals surface area contributed by atoms with Crippen LogP contribution in [0.4, 0.5) is 0 Å². The molecule has 1 N–H and O–H groups in total. The predicted molar refractivity (Wildman–Crippen MR) is 69.6 cm³/mol. The van der Waals surface area contributed by atoms with Crippen LogP contribution in [0.2, 0.25) is 0 Å². The number of thiazole rings is 1. The topological polar surface area (TPSA) is 79.7 Å². The quantitative estimate of drug-likeness (QED) is 0.858. The van der Waals surface area contributed by atoms with Crippen LogP contribution >= 0.6 is 11.3 Å². The highest BCUT2D eigenvalue weighted by molar-refractivity contribution is 7.11. The molecule has 0 saturated carbocycles. The van der Waals surface area contributed by atoms with E-state index in [1.54, 1.807) is 0 Å². The lowest BCUT2D eigenvalue weighted by Crippen LogP contribution is -2.35. The minimum absolute atomic E-state index is 0.0105. The van der Waals surface area contributed by atoms with Gasteiger partial charge in [0.25, 0.3) is 5.19 Å². The average molecular weight is 284 g/mol. The number of hydrogen-bond donors (Lipinski definition) is 1. The number of carboxylic acids is 1. The fourth-order valence-electron chi connectivity index (χ4n) is 2.18. The summed E-state index contributed by atoms with van der Waals surface area (Å²) in [4.78, 5) is 28.0. The molecule has 0 spiro atoms. The van der Waals surface area contributed by atoms with Crippen LogP contribution in [0.25, 0.3) is 0 Å². The first-order valence-corrected chi connectivity index (χ1v) is 7.11. The van der Waals surface area contributed by atoms with Crippen molar-refractivity contribution in [2.24, 2.45) is 0 Å². The first-order valence-electron chi connectivity index (χ1n) is 6.23. The molecule has 1 aromatic heterocycles. The zero-order valence-corrected chi connectivity index (χ0v) is 11.5. The minimum Gasteiger partial charge on any atom is -0.476 e. The number of carboxylic acid groups (broad SMARTS) is 1. The van der Waals surface area contributed by atoms with Gasteiger partial charge >= 0.3 is 5.97 Å². The van der Waals surface area contributed by atoms with Crippen LogP contribution in [-0.4, -0.2) is 46.1 Å². The lowest BCUT2D eigenvalue weighted by Gasteiger charge is -2.23. The van der Waals surface area contributed by atoms with Gasteiger partial charge < -0.3 is 14.7 Å². The molecular weight excluding hydrogens is 268 g/mol. The molecule has 2 rings (SSSR count). The van der Waals surface area contributed by atoms with Gasteiger partial charge in [0, 0.05) is 17.8 Å². The van der Waals surface area contributed by atoms with Crippen molar-refractivity contribution in [3.63, 3.8) is 0 Å². The summed E-state index contributed by atoms with van der Waals surface area (Å²) in [7, 11) is 0. The molecule has 104 valence electrons. The van der Waals surface area contributed by atoms with Crippen molar-refractivity contribution in [3.8, 4) is 5.19 Å². The maximum atomic E-state index is 11.7. The van der Waals surface area contributed by atoms with E-state index in [0.29, 0.717) is 30.8 Å². The normalized spacial score (nSPS) is 18.9. The molecule has 1 saturated heterocycles. The summed E-state index contributed by atoms with van der Waals surface area (Å²) in [6.45, 7) is 2.94. The molecule has 1 aromatic rings. The first-order chi connectivity index (χ1) is 9.11. The van der Waals surface area contributed by atoms with Gasteiger partial charge in [0.1, 0.15) is 6.61 Å². The van der Waals surface area contributed by atoms with Crippen molar-refractivity contribution in [3.05, 3.63) is 11.1 Å². The van der Waals surface area contributed by atoms with E-state index in [9.17, 15) is 9.59 Å². The molecule has 1 aliphatic rings. The van der Waals surface area contributed by atoms with Gasteiger partial charge in [-0.05, 0) is 12.8 Å². The number of aromatic nitrogens is 1. The molecule has 1 aliphatic heterocycles. The zero-order chi connectivity index (χ0) is 13.8. The number of nitrogens with zero attached hydrogens (tertiary/aromatic N) is 2. The zero-order valence-electron chi connectivity index (χ0n) is 10.7. The lowest BCUT2D eigenvalue weighted by atomic mass is 10.2. The van der Waals surface area contributed by atoms with Crippen LogP contribution < -0.4 is 4.74 Å². The van der Waals surface area contributed by atoms with Gasteiger partial charge in [0.15, 0.2) is 5.69 Å². The third-order valence-corrected chi connectivity index (χ3v) is 3.94. The summed E-state index contributed by atoms with van der Waals surface area (Å²) in [6.07, 6.45) is 2.47. The van der Waals surface area contributed by atoms with Crippen LogP contribution in [0.15, 0.2) is 5.38 Å². The van der Waals surface area contributed by atoms with Gasteiger partial charge in [-0.25, -0.2) is 4.79 Å². The van der Waals surface area contributed by atoms with Gasteiger partial charge in [0.05, 0.1) is 6.54 Å². The Morgan fingerprint density at radius 1 is 1.68 bits per heavy atom. The third-order valence-electron chi connectivity index (χ3n) is 3.18. The van der Waals surface area contributed by atoms with Crippen LogP contribution in [0, 0.1) is 0 Å². The van der Waals surface area contributed by atoms with Crippen molar-refractivity contribution in [1.29, 1.82) is 0 Å². The average Bonchev–Trinajstić information content (AvgIpc) is 2.98. The minimum atomic E-state index is -1.06. The fraction of sp³-hybridized carbons (Fsp3) is 0.583. The van der Waals surface area contributed by atoms with E-state index in [1.807, 2.05) is 4.90 Å². The van der Waals surface area contributed by atoms with Crippen molar-refractivity contribution in [2.75, 3.05) is 13.2 Å². The highest BCUT2D eigenvalue weighted by atomic mass is 32.1. The Morgan fingerprint density at radius 3 is 3.11 bits per heavy atom. The molecule has 19 heavy (non-hydrogen) atoms. The summed E-state index contributed by atoms with van der Waals surface area (Å²) in [5, 5.41) is 10.5. The second kappa shape index (κ2) is 6.01. The fourth-order valence-corrected chi connectivity index (χ4v) is 2.85. The van der Waals surface area contributed by atoms with E-state index < -0.39 is 5.97 Å². The molecule has 6 nitrogen and oxygen atoms in total. The van der Waals surface area contributed by atoms with Crippen LogP contribution in [0.3, 0.4) is 0 Å². The van der Waals surface area contributed by atoms with Crippen molar-refractivity contribution in [2.45, 2.75) is 32.2 Å². The Labute approximate surface area is 115 Å². The van der Waals surface area contributed by atoms with Crippen LogP contribution in [-0.2, 0) is 4.79 Å². The lowest BCUT2D eigenvalue weighted by molar-refractivity contribution is -0.129. The standard InChI is InChI=1S/C12H16N2O4S/c1-2-8-3-4-10(15)14(8)5-6-18-12-13-9(7-19-12)11(16)17/h7-8H,2-6H2,1H3,(H,16,17)/t8-/m0/s1. The highest BCUT2D eigenvalue weighted by Crippen LogP contribution is 2.22. The van der Waals surface area contributed by atoms with Crippen molar-refractivity contribution >= 4 is 23.2 Å². The molecule has 1 fully saturated rings. The number of rotatable bonds is 6. The smallest absolute Gasteiger partial charge is 0.355 e. The molecule has 0 bridgehead atoms. The van der Waals surface area contributed by atoms with Gasteiger partial charge in [-0.1, -0.05) is 18.3 Å². The molecule has 0 aliphatic carbocycles. The maximum Gasteiger partial charge on any atom is 0.355 e. The second-order valence-corrected chi connectivity index (χ2v) is 5.16. The number of amides is 1. The maximum absolute atomic E-state index is 11.7. The molecular formula is C12H16N2O4S. The SMILES string of the molecule is CC[C@H]1CCC(=O)N1CCOc1nc(C(=O)O)cs1. The number of likely N-dealkylation sites (tertiary alicyclic amines) is 1. The van der Waals surface area contributed by atoms with Crippen molar-refractivity contribution < 1.29 is 19.4 Å². The van der Waals surface area contributed by atoms with Gasteiger partial charge in [-0.2, -0.15) is 4.98 Å². The van der Waals surface area contributed by atoms with E-state index in [4.69, 9.17) is 9.84 Å². The summed E-state index contributed by atoms with van der Waals surface area (Å²) in [5.41, 5.74) is -0.0105. The number of hydrogen-bond acceptors (Lipinski definition) is 5. The monoisotopic (exact) mass is 284 g/mol. The molecule has 0 unspecified atom stereocenters. The Hall–Kier alpha value is -1.63. The molecule has 0 radical (unpaired) electrons. The molecule has 7 heteroatoms. The Kier molecular flexibility index (Phi) is 4.36. The van der Waals surface area contributed by atoms with E-state index in [1.165, 1.54) is 5.38 Å². The van der Waals surface area contributed by atoms with Gasteiger partial charge in [-0.3, -0.25) is 4.79 Å². The molecule has 2 heterocycles. The van der Waals surface area contributed by atoms with Crippen LogP contribution in [0.5, 0.6) is 5.19 Å². The van der Waals surface area contributed by atoms with E-state index in [-0.39, 0.29) is 11.6 Å². The summed E-state index contributed by atoms with van der Waals surface area (Å²) >= 11 is 1.15. The molecule has 1 amide bonds. The van der Waals surface area contributed by atoms with Gasteiger partial charge in [0.2, 0.25) is 5.91 Å². The molecule has 0 aromatic carbocycles. The first kappa shape index (κ1) is 13.8. The van der Waals surface area contributed by atoms with E-state index in [0.717, 1.165) is 24.2 Å². The van der Waals surface area contributed by atoms with Gasteiger partial charge in [-0.15, -0.1) is 0 Å². The summed E-state index contributed by atoms with van der Waals surface area (Å²) < 4.78 is 5.39. The number of ether oxygens (including phenoxy) is 1. The summed E-state index contributed by atoms with van der Waals surface area (Å²) in [6, 6.07) is 0.307. The Balaban J connectivity index is 1.82. The Morgan fingerprint density at radius 2 is 2.47 bits per heavy atom. The number of aromatic carboxylic acids is 1. The van der Waals surface area contributed by atoms with Crippen molar-refractivity contribution in [1.82, 2.24) is 9.88 Å². The number of carbonyl (C=O) groups excluding carboxylic acids is 1. The largest absolute Gasteiger partial charge is 0.476 e.